The molecule has 13 nitrogen and oxygen atoms in total. The molecule has 1 aliphatic rings. The van der Waals surface area contributed by atoms with Gasteiger partial charge in [0.15, 0.2) is 5.82 Å². The predicted octanol–water partition coefficient (Wildman–Crippen LogP) is 2.47. The second-order valence-electron chi connectivity index (χ2n) is 11.8. The Morgan fingerprint density at radius 2 is 1.55 bits per heavy atom. The van der Waals surface area contributed by atoms with Gasteiger partial charge in [0.05, 0.1) is 24.1 Å². The second-order valence-corrected chi connectivity index (χ2v) is 11.8. The van der Waals surface area contributed by atoms with Crippen LogP contribution in [0.25, 0.3) is 21.9 Å². The molecule has 3 aromatic rings. The molecule has 0 bridgehead atoms. The first-order valence-electron chi connectivity index (χ1n) is 16.8. The summed E-state index contributed by atoms with van der Waals surface area (Å²) in [6, 6.07) is 7.92. The van der Waals surface area contributed by atoms with Gasteiger partial charge in [0.1, 0.15) is 11.3 Å². The Morgan fingerprint density at radius 3 is 2.33 bits per heavy atom. The monoisotopic (exact) mass is 669 g/mol. The fourth-order valence-corrected chi connectivity index (χ4v) is 5.38. The summed E-state index contributed by atoms with van der Waals surface area (Å²) >= 11 is 0. The first kappa shape index (κ1) is 36.5. The lowest BCUT2D eigenvalue weighted by molar-refractivity contribution is -0.129. The highest BCUT2D eigenvalue weighted by atomic mass is 16.2. The number of para-hydroxylation sites is 1. The number of imidazole rings is 1. The van der Waals surface area contributed by atoms with E-state index in [9.17, 15) is 19.2 Å². The van der Waals surface area contributed by atoms with Crippen molar-refractivity contribution in [2.24, 2.45) is 5.73 Å². The Hall–Kier alpha value is -5.30. The maximum Gasteiger partial charge on any atom is 0.239 e. The molecule has 1 aliphatic carbocycles. The third-order valence-corrected chi connectivity index (χ3v) is 7.98. The van der Waals surface area contributed by atoms with Crippen LogP contribution in [0, 0.1) is 0 Å². The van der Waals surface area contributed by atoms with Gasteiger partial charge in [-0.05, 0) is 36.5 Å². The lowest BCUT2D eigenvalue weighted by Gasteiger charge is -2.11. The van der Waals surface area contributed by atoms with E-state index in [1.54, 1.807) is 0 Å². The molecule has 0 aliphatic heterocycles. The van der Waals surface area contributed by atoms with E-state index in [1.165, 1.54) is 0 Å². The van der Waals surface area contributed by atoms with E-state index in [0.29, 0.717) is 18.9 Å². The molecule has 13 heteroatoms. The van der Waals surface area contributed by atoms with Crippen molar-refractivity contribution in [1.82, 2.24) is 35.8 Å². The van der Waals surface area contributed by atoms with E-state index < -0.39 is 11.8 Å². The molecule has 4 amide bonds. The van der Waals surface area contributed by atoms with Crippen molar-refractivity contribution in [2.45, 2.75) is 58.4 Å². The average Bonchev–Trinajstić information content (AvgIpc) is 3.46. The highest BCUT2D eigenvalue weighted by molar-refractivity contribution is 6.06. The number of benzene rings is 1. The smallest absolute Gasteiger partial charge is 0.239 e. The minimum atomic E-state index is -0.507. The van der Waals surface area contributed by atoms with Crippen molar-refractivity contribution in [3.8, 4) is 0 Å². The highest BCUT2D eigenvalue weighted by Gasteiger charge is 2.17. The molecule has 0 unspecified atom stereocenters. The van der Waals surface area contributed by atoms with Crippen molar-refractivity contribution in [3.05, 3.63) is 77.7 Å². The maximum atomic E-state index is 12.4. The number of allylic oxidation sites excluding steroid dienone is 4. The predicted molar refractivity (Wildman–Crippen MR) is 192 cm³/mol. The van der Waals surface area contributed by atoms with Crippen LogP contribution in [0.3, 0.4) is 0 Å². The van der Waals surface area contributed by atoms with E-state index in [2.05, 4.69) is 37.7 Å². The number of rotatable bonds is 18. The van der Waals surface area contributed by atoms with Gasteiger partial charge in [-0.25, -0.2) is 9.97 Å². The summed E-state index contributed by atoms with van der Waals surface area (Å²) in [7, 11) is 0. The second kappa shape index (κ2) is 18.9. The number of unbranched alkanes of at least 4 members (excludes halogenated alkanes) is 2. The molecule has 2 heterocycles. The van der Waals surface area contributed by atoms with Crippen LogP contribution in [0.2, 0.25) is 0 Å². The molecule has 0 radical (unpaired) electrons. The molecular formula is C36H47N9O4. The number of pyridine rings is 1. The number of aromatic nitrogens is 3. The summed E-state index contributed by atoms with van der Waals surface area (Å²) in [6.45, 7) is 3.48. The van der Waals surface area contributed by atoms with E-state index in [0.717, 1.165) is 77.6 Å². The number of nitrogen functional groups attached to an aromatic ring is 1. The van der Waals surface area contributed by atoms with Crippen LogP contribution < -0.4 is 32.7 Å². The molecule has 49 heavy (non-hydrogen) atoms. The molecule has 8 N–H and O–H groups in total. The number of hydrogen-bond acceptors (Lipinski definition) is 8. The molecule has 0 saturated heterocycles. The van der Waals surface area contributed by atoms with E-state index >= 15 is 0 Å². The molecule has 4 rings (SSSR count). The first-order valence-corrected chi connectivity index (χ1v) is 16.8. The number of carbonyl (C=O) groups is 4. The standard InChI is InChI=1S/C36H47N9O4/c1-2-3-15-29-44-34-35(27-13-7-8-14-28(27)43-36(34)38)45(29)19-10-9-18-39-30(46)16-17-31(47)41-23-33(49)42-24-32(48)40-22-26-12-6-4-5-11-25(20-26)21-37/h4-8,11-14,20H,2-3,9-10,15-19,21-24,37H2,1H3,(H2,38,43)(H,39,46)(H,40,48)(H,41,47)(H,42,49)/b5-4?,6-4-,11-5-,12-6?,25-11?,25-20?,26-12?,26-20?. The van der Waals surface area contributed by atoms with Gasteiger partial charge in [0.2, 0.25) is 23.6 Å². The SMILES string of the molecule is CCCCc1nc2c(N)nc3ccccc3c2n1CCCCNC(=O)CCC(=O)NCC(=O)NCC(=O)NCC1=C/C=C\C=C/C(CN)=C1. The van der Waals surface area contributed by atoms with Gasteiger partial charge < -0.3 is 37.3 Å². The van der Waals surface area contributed by atoms with Gasteiger partial charge in [-0.3, -0.25) is 19.2 Å². The lowest BCUT2D eigenvalue weighted by atomic mass is 10.1. The minimum Gasteiger partial charge on any atom is -0.382 e. The molecule has 0 fully saturated rings. The Kier molecular flexibility index (Phi) is 14.1. The maximum absolute atomic E-state index is 12.4. The molecular weight excluding hydrogens is 622 g/mol. The number of hydrogen-bond donors (Lipinski definition) is 6. The van der Waals surface area contributed by atoms with E-state index in [4.69, 9.17) is 16.5 Å². The zero-order chi connectivity index (χ0) is 35.0. The summed E-state index contributed by atoms with van der Waals surface area (Å²) in [5.41, 5.74) is 16.4. The number of anilines is 1. The van der Waals surface area contributed by atoms with Gasteiger partial charge in [-0.1, -0.05) is 68.0 Å². The van der Waals surface area contributed by atoms with Crippen LogP contribution in [-0.2, 0) is 32.1 Å². The molecule has 0 atom stereocenters. The molecule has 0 spiro atoms. The molecule has 2 aromatic heterocycles. The van der Waals surface area contributed by atoms with Gasteiger partial charge >= 0.3 is 0 Å². The van der Waals surface area contributed by atoms with Crippen LogP contribution in [0.15, 0.2) is 71.9 Å². The number of nitrogens with two attached hydrogens (primary N) is 2. The normalized spacial score (nSPS) is 13.9. The van der Waals surface area contributed by atoms with Gasteiger partial charge in [-0.2, -0.15) is 0 Å². The van der Waals surface area contributed by atoms with Crippen LogP contribution in [0.5, 0.6) is 0 Å². The van der Waals surface area contributed by atoms with Gasteiger partial charge in [0, 0.05) is 50.8 Å². The Morgan fingerprint density at radius 1 is 0.816 bits per heavy atom. The largest absolute Gasteiger partial charge is 0.382 e. The number of nitrogens with one attached hydrogen (secondary N) is 4. The third-order valence-electron chi connectivity index (χ3n) is 7.98. The number of amides is 4. The van der Waals surface area contributed by atoms with E-state index in [-0.39, 0.29) is 44.3 Å². The minimum absolute atomic E-state index is 0.00258. The van der Waals surface area contributed by atoms with Crippen LogP contribution in [0.1, 0.15) is 51.3 Å². The molecule has 1 aromatic carbocycles. The topological polar surface area (TPSA) is 199 Å². The van der Waals surface area contributed by atoms with Gasteiger partial charge in [-0.15, -0.1) is 0 Å². The summed E-state index contributed by atoms with van der Waals surface area (Å²) in [5, 5.41) is 11.6. The highest BCUT2D eigenvalue weighted by Crippen LogP contribution is 2.29. The summed E-state index contributed by atoms with van der Waals surface area (Å²) in [4.78, 5) is 58.3. The molecule has 0 saturated carbocycles. The zero-order valence-corrected chi connectivity index (χ0v) is 28.1. The fraction of sp³-hybridized carbons (Fsp3) is 0.389. The van der Waals surface area contributed by atoms with E-state index in [1.807, 2.05) is 60.7 Å². The lowest BCUT2D eigenvalue weighted by Crippen LogP contribution is -2.42. The Bertz CT molecular complexity index is 1770. The fourth-order valence-electron chi connectivity index (χ4n) is 5.38. The molecule has 260 valence electrons. The summed E-state index contributed by atoms with van der Waals surface area (Å²) in [5.74, 6) is -0.128. The first-order chi connectivity index (χ1) is 23.8. The van der Waals surface area contributed by atoms with Crippen molar-refractivity contribution < 1.29 is 19.2 Å². The van der Waals surface area contributed by atoms with Crippen molar-refractivity contribution in [3.63, 3.8) is 0 Å². The van der Waals surface area contributed by atoms with Crippen molar-refractivity contribution in [2.75, 3.05) is 38.5 Å². The quantitative estimate of drug-likeness (QED) is 0.111. The third kappa shape index (κ3) is 11.1. The number of nitrogens with zero attached hydrogens (tertiary/aromatic N) is 3. The van der Waals surface area contributed by atoms with Gasteiger partial charge in [0.25, 0.3) is 0 Å². The van der Waals surface area contributed by atoms with Crippen molar-refractivity contribution in [1.29, 1.82) is 0 Å². The number of carbonyl (C=O) groups excluding carboxylic acids is 4. The Balaban J connectivity index is 1.12. The average molecular weight is 670 g/mol. The summed E-state index contributed by atoms with van der Waals surface area (Å²) in [6.07, 6.45) is 15.7. The number of fused-ring (bicyclic) bond motifs is 3. The summed E-state index contributed by atoms with van der Waals surface area (Å²) < 4.78 is 2.24. The Labute approximate surface area is 286 Å². The van der Waals surface area contributed by atoms with Crippen LogP contribution >= 0.6 is 0 Å². The van der Waals surface area contributed by atoms with Crippen molar-refractivity contribution >= 4 is 51.4 Å². The van der Waals surface area contributed by atoms with Crippen LogP contribution in [-0.4, -0.2) is 70.9 Å². The van der Waals surface area contributed by atoms with Crippen LogP contribution in [0.4, 0.5) is 5.82 Å². The number of aryl methyl sites for hydroxylation is 2. The zero-order valence-electron chi connectivity index (χ0n) is 28.1.